The zero-order valence-corrected chi connectivity index (χ0v) is 12.8. The topological polar surface area (TPSA) is 85.5 Å². The Hall–Kier alpha value is -2.70. The summed E-state index contributed by atoms with van der Waals surface area (Å²) in [6, 6.07) is 3.03. The van der Waals surface area contributed by atoms with Crippen LogP contribution in [0.3, 0.4) is 0 Å². The summed E-state index contributed by atoms with van der Waals surface area (Å²) in [7, 11) is 0. The molecule has 3 rings (SSSR count). The Labute approximate surface area is 132 Å². The first-order chi connectivity index (χ1) is 11.1. The number of piperidine rings is 1. The quantitative estimate of drug-likeness (QED) is 0.851. The predicted molar refractivity (Wildman–Crippen MR) is 81.3 cm³/mol. The zero-order chi connectivity index (χ0) is 16.2. The van der Waals surface area contributed by atoms with Crippen LogP contribution in [0, 0.1) is 6.92 Å². The molecule has 0 radical (unpaired) electrons. The van der Waals surface area contributed by atoms with E-state index in [9.17, 15) is 9.59 Å². The van der Waals surface area contributed by atoms with Gasteiger partial charge < -0.3 is 14.1 Å². The molecule has 0 aliphatic carbocycles. The van der Waals surface area contributed by atoms with Gasteiger partial charge in [-0.3, -0.25) is 9.78 Å². The molecule has 1 saturated heterocycles. The summed E-state index contributed by atoms with van der Waals surface area (Å²) in [4.78, 5) is 33.3. The number of rotatable bonds is 3. The maximum absolute atomic E-state index is 12.3. The molecule has 3 heterocycles. The van der Waals surface area contributed by atoms with Crippen LogP contribution in [0.25, 0.3) is 0 Å². The normalized spacial score (nSPS) is 15.4. The molecule has 0 unspecified atom stereocenters. The predicted octanol–water partition coefficient (Wildman–Crippen LogP) is 1.42. The van der Waals surface area contributed by atoms with Gasteiger partial charge in [-0.2, -0.15) is 0 Å². The third-order valence-corrected chi connectivity index (χ3v) is 3.68. The van der Waals surface area contributed by atoms with Gasteiger partial charge in [0.2, 0.25) is 0 Å². The lowest BCUT2D eigenvalue weighted by atomic mass is 10.1. The van der Waals surface area contributed by atoms with E-state index < -0.39 is 5.63 Å². The van der Waals surface area contributed by atoms with E-state index in [1.165, 1.54) is 24.7 Å². The molecule has 1 fully saturated rings. The van der Waals surface area contributed by atoms with Gasteiger partial charge in [0.15, 0.2) is 0 Å². The summed E-state index contributed by atoms with van der Waals surface area (Å²) in [6.07, 6.45) is 5.89. The van der Waals surface area contributed by atoms with Gasteiger partial charge in [-0.15, -0.1) is 0 Å². The summed E-state index contributed by atoms with van der Waals surface area (Å²) in [6.45, 7) is 2.87. The second-order valence-electron chi connectivity index (χ2n) is 5.42. The van der Waals surface area contributed by atoms with E-state index in [4.69, 9.17) is 9.15 Å². The lowest BCUT2D eigenvalue weighted by Crippen LogP contribution is -2.42. The number of nitrogens with zero attached hydrogens (tertiary/aromatic N) is 3. The molecule has 23 heavy (non-hydrogen) atoms. The van der Waals surface area contributed by atoms with E-state index >= 15 is 0 Å². The first-order valence-electron chi connectivity index (χ1n) is 7.45. The Kier molecular flexibility index (Phi) is 4.36. The molecule has 7 nitrogen and oxygen atoms in total. The molecular formula is C16H17N3O4. The van der Waals surface area contributed by atoms with E-state index in [1.807, 2.05) is 0 Å². The fraction of sp³-hybridized carbons (Fsp3) is 0.375. The van der Waals surface area contributed by atoms with Crippen LogP contribution < -0.4 is 10.4 Å². The van der Waals surface area contributed by atoms with Crippen LogP contribution in [-0.4, -0.2) is 40.0 Å². The number of carbonyl (C=O) groups excluding carboxylic acids is 1. The van der Waals surface area contributed by atoms with Crippen molar-refractivity contribution in [2.45, 2.75) is 25.9 Å². The van der Waals surface area contributed by atoms with Gasteiger partial charge in [-0.25, -0.2) is 9.78 Å². The lowest BCUT2D eigenvalue weighted by molar-refractivity contribution is 0.0588. The average molecular weight is 315 g/mol. The van der Waals surface area contributed by atoms with Crippen molar-refractivity contribution in [2.75, 3.05) is 13.1 Å². The molecular weight excluding hydrogens is 298 g/mol. The Bertz CT molecular complexity index is 736. The summed E-state index contributed by atoms with van der Waals surface area (Å²) < 4.78 is 10.7. The largest absolute Gasteiger partial charge is 0.490 e. The molecule has 0 spiro atoms. The molecule has 2 aromatic heterocycles. The van der Waals surface area contributed by atoms with Crippen molar-refractivity contribution in [3.63, 3.8) is 0 Å². The van der Waals surface area contributed by atoms with Crippen LogP contribution >= 0.6 is 0 Å². The standard InChI is InChI=1S/C16H17N3O4/c1-11-8-13(9-15(20)22-11)23-12-2-6-19(7-3-12)16(21)14-10-17-4-5-18-14/h4-5,8-10,12H,2-3,6-7H2,1H3. The number of likely N-dealkylation sites (tertiary alicyclic amines) is 1. The highest BCUT2D eigenvalue weighted by atomic mass is 16.5. The van der Waals surface area contributed by atoms with Gasteiger partial charge >= 0.3 is 5.63 Å². The Morgan fingerprint density at radius 2 is 2.09 bits per heavy atom. The van der Waals surface area contributed by atoms with Crippen molar-refractivity contribution >= 4 is 5.91 Å². The van der Waals surface area contributed by atoms with Gasteiger partial charge in [-0.1, -0.05) is 0 Å². The second-order valence-corrected chi connectivity index (χ2v) is 5.42. The fourth-order valence-electron chi connectivity index (χ4n) is 2.58. The number of amides is 1. The van der Waals surface area contributed by atoms with Gasteiger partial charge in [-0.05, 0) is 6.92 Å². The van der Waals surface area contributed by atoms with E-state index in [0.717, 1.165) is 0 Å². The van der Waals surface area contributed by atoms with Crippen molar-refractivity contribution < 1.29 is 13.9 Å². The Morgan fingerprint density at radius 1 is 1.30 bits per heavy atom. The van der Waals surface area contributed by atoms with Gasteiger partial charge in [0.1, 0.15) is 23.3 Å². The number of hydrogen-bond acceptors (Lipinski definition) is 6. The third kappa shape index (κ3) is 3.74. The summed E-state index contributed by atoms with van der Waals surface area (Å²) in [5, 5.41) is 0. The summed E-state index contributed by atoms with van der Waals surface area (Å²) in [5.74, 6) is 0.910. The maximum atomic E-state index is 12.3. The molecule has 0 aromatic carbocycles. The molecule has 120 valence electrons. The van der Waals surface area contributed by atoms with Crippen LogP contribution in [0.15, 0.2) is 39.9 Å². The molecule has 0 saturated carbocycles. The molecule has 1 amide bonds. The Balaban J connectivity index is 1.58. The van der Waals surface area contributed by atoms with Crippen molar-refractivity contribution in [1.82, 2.24) is 14.9 Å². The van der Waals surface area contributed by atoms with Crippen LogP contribution in [-0.2, 0) is 0 Å². The van der Waals surface area contributed by atoms with Gasteiger partial charge in [0.05, 0.1) is 12.3 Å². The van der Waals surface area contributed by atoms with Crippen molar-refractivity contribution in [3.05, 3.63) is 52.6 Å². The highest BCUT2D eigenvalue weighted by molar-refractivity contribution is 5.92. The maximum Gasteiger partial charge on any atom is 0.339 e. The molecule has 1 aliphatic rings. The monoisotopic (exact) mass is 315 g/mol. The lowest BCUT2D eigenvalue weighted by Gasteiger charge is -2.31. The van der Waals surface area contributed by atoms with E-state index in [0.29, 0.717) is 43.1 Å². The first kappa shape index (κ1) is 15.2. The number of aromatic nitrogens is 2. The highest BCUT2D eigenvalue weighted by Crippen LogP contribution is 2.19. The minimum absolute atomic E-state index is 0.0258. The van der Waals surface area contributed by atoms with Crippen molar-refractivity contribution in [2.24, 2.45) is 0 Å². The molecule has 0 atom stereocenters. The zero-order valence-electron chi connectivity index (χ0n) is 12.8. The summed E-state index contributed by atoms with van der Waals surface area (Å²) in [5.41, 5.74) is -0.0709. The minimum Gasteiger partial charge on any atom is -0.490 e. The molecule has 2 aromatic rings. The van der Waals surface area contributed by atoms with Crippen molar-refractivity contribution in [1.29, 1.82) is 0 Å². The van der Waals surface area contributed by atoms with Crippen LogP contribution in [0.4, 0.5) is 0 Å². The van der Waals surface area contributed by atoms with E-state index in [1.54, 1.807) is 17.9 Å². The number of hydrogen-bond donors (Lipinski definition) is 0. The second kappa shape index (κ2) is 6.60. The SMILES string of the molecule is Cc1cc(OC2CCN(C(=O)c3cnccn3)CC2)cc(=O)o1. The summed E-state index contributed by atoms with van der Waals surface area (Å²) >= 11 is 0. The van der Waals surface area contributed by atoms with Crippen LogP contribution in [0.5, 0.6) is 5.75 Å². The number of aryl methyl sites for hydroxylation is 1. The average Bonchev–Trinajstić information content (AvgIpc) is 2.55. The van der Waals surface area contributed by atoms with Gasteiger partial charge in [0.25, 0.3) is 5.91 Å². The molecule has 0 bridgehead atoms. The third-order valence-electron chi connectivity index (χ3n) is 3.68. The fourth-order valence-corrected chi connectivity index (χ4v) is 2.58. The van der Waals surface area contributed by atoms with E-state index in [-0.39, 0.29) is 12.0 Å². The van der Waals surface area contributed by atoms with Gasteiger partial charge in [0, 0.05) is 44.4 Å². The van der Waals surface area contributed by atoms with E-state index in [2.05, 4.69) is 9.97 Å². The Morgan fingerprint density at radius 3 is 2.74 bits per heavy atom. The van der Waals surface area contributed by atoms with Crippen LogP contribution in [0.1, 0.15) is 29.1 Å². The minimum atomic E-state index is -0.421. The molecule has 7 heteroatoms. The van der Waals surface area contributed by atoms with Crippen molar-refractivity contribution in [3.8, 4) is 5.75 Å². The molecule has 0 N–H and O–H groups in total. The van der Waals surface area contributed by atoms with Crippen LogP contribution in [0.2, 0.25) is 0 Å². The smallest absolute Gasteiger partial charge is 0.339 e. The first-order valence-corrected chi connectivity index (χ1v) is 7.45. The molecule has 1 aliphatic heterocycles. The number of carbonyl (C=O) groups is 1. The number of ether oxygens (including phenoxy) is 1. The highest BCUT2D eigenvalue weighted by Gasteiger charge is 2.25.